The quantitative estimate of drug-likeness (QED) is 0.769. The molecule has 0 atom stereocenters. The highest BCUT2D eigenvalue weighted by Crippen LogP contribution is 2.39. The number of aryl methyl sites for hydroxylation is 2. The first-order valence-electron chi connectivity index (χ1n) is 10.8. The summed E-state index contributed by atoms with van der Waals surface area (Å²) >= 11 is 0. The van der Waals surface area contributed by atoms with Crippen LogP contribution >= 0.6 is 0 Å². The Labute approximate surface area is 169 Å². The Hall–Kier alpha value is -2.09. The molecule has 8 heteroatoms. The summed E-state index contributed by atoms with van der Waals surface area (Å²) < 4.78 is 28.7. The molecule has 2 aromatic rings. The van der Waals surface area contributed by atoms with E-state index in [0.717, 1.165) is 58.4 Å². The lowest BCUT2D eigenvalue weighted by molar-refractivity contribution is 0.145. The van der Waals surface area contributed by atoms with Gasteiger partial charge in [0.05, 0.1) is 11.4 Å². The number of anilines is 1. The lowest BCUT2D eigenvalue weighted by Crippen LogP contribution is -2.46. The highest BCUT2D eigenvalue weighted by molar-refractivity contribution is 5.41. The number of halogens is 2. The molecule has 1 saturated heterocycles. The van der Waals surface area contributed by atoms with Crippen LogP contribution in [0.4, 0.5) is 14.6 Å². The molecule has 1 aliphatic heterocycles. The number of nitrogens with zero attached hydrogens (tertiary/aromatic N) is 6. The predicted octanol–water partition coefficient (Wildman–Crippen LogP) is 3.23. The van der Waals surface area contributed by atoms with Crippen molar-refractivity contribution in [3.8, 4) is 0 Å². The van der Waals surface area contributed by atoms with Crippen molar-refractivity contribution in [1.29, 1.82) is 0 Å². The van der Waals surface area contributed by atoms with Crippen LogP contribution in [0.1, 0.15) is 66.5 Å². The van der Waals surface area contributed by atoms with Gasteiger partial charge in [0.25, 0.3) is 6.43 Å². The molecule has 0 unspecified atom stereocenters. The third-order valence-electron chi connectivity index (χ3n) is 6.43. The molecule has 5 rings (SSSR count). The summed E-state index contributed by atoms with van der Waals surface area (Å²) in [6, 6.07) is 1.48. The van der Waals surface area contributed by atoms with Crippen LogP contribution in [-0.4, -0.2) is 50.8 Å². The molecule has 0 amide bonds. The van der Waals surface area contributed by atoms with Gasteiger partial charge in [-0.3, -0.25) is 9.58 Å². The van der Waals surface area contributed by atoms with Crippen LogP contribution in [0.3, 0.4) is 0 Å². The maximum absolute atomic E-state index is 13.3. The second-order valence-electron chi connectivity index (χ2n) is 8.55. The highest BCUT2D eigenvalue weighted by atomic mass is 19.3. The minimum atomic E-state index is -2.55. The van der Waals surface area contributed by atoms with Gasteiger partial charge in [-0.2, -0.15) is 5.10 Å². The minimum absolute atomic E-state index is 0.138. The lowest BCUT2D eigenvalue weighted by Gasteiger charge is -2.35. The Kier molecular flexibility index (Phi) is 4.97. The van der Waals surface area contributed by atoms with E-state index in [4.69, 9.17) is 5.10 Å². The average molecular weight is 402 g/mol. The monoisotopic (exact) mass is 402 g/mol. The Morgan fingerprint density at radius 3 is 2.55 bits per heavy atom. The first kappa shape index (κ1) is 18.9. The van der Waals surface area contributed by atoms with Crippen LogP contribution in [0.25, 0.3) is 0 Å². The van der Waals surface area contributed by atoms with Crippen molar-refractivity contribution in [2.75, 3.05) is 31.1 Å². The lowest BCUT2D eigenvalue weighted by atomic mass is 9.95. The molecule has 0 N–H and O–H groups in total. The largest absolute Gasteiger partial charge is 0.354 e. The number of hydrogen-bond acceptors (Lipinski definition) is 5. The fourth-order valence-corrected chi connectivity index (χ4v) is 4.56. The van der Waals surface area contributed by atoms with Crippen LogP contribution in [0.5, 0.6) is 0 Å². The summed E-state index contributed by atoms with van der Waals surface area (Å²) in [4.78, 5) is 13.3. The molecule has 3 aliphatic rings. The number of aromatic nitrogens is 4. The zero-order valence-electron chi connectivity index (χ0n) is 16.9. The van der Waals surface area contributed by atoms with Crippen molar-refractivity contribution in [3.63, 3.8) is 0 Å². The topological polar surface area (TPSA) is 50.1 Å². The van der Waals surface area contributed by atoms with Crippen LogP contribution in [0, 0.1) is 0 Å². The van der Waals surface area contributed by atoms with E-state index >= 15 is 0 Å². The summed E-state index contributed by atoms with van der Waals surface area (Å²) in [6.45, 7) is 4.29. The van der Waals surface area contributed by atoms with Gasteiger partial charge in [0, 0.05) is 51.8 Å². The predicted molar refractivity (Wildman–Crippen MR) is 106 cm³/mol. The SMILES string of the molecule is Cn1nc2c(c1CN1CCN(c3cc(C(F)F)nc(C4CC4)n3)CC1)CCCC2. The van der Waals surface area contributed by atoms with E-state index in [9.17, 15) is 8.78 Å². The van der Waals surface area contributed by atoms with Crippen LogP contribution in [0.2, 0.25) is 0 Å². The highest BCUT2D eigenvalue weighted by Gasteiger charge is 2.30. The first-order chi connectivity index (χ1) is 14.1. The Morgan fingerprint density at radius 1 is 1.07 bits per heavy atom. The van der Waals surface area contributed by atoms with E-state index in [0.29, 0.717) is 11.6 Å². The van der Waals surface area contributed by atoms with Gasteiger partial charge in [-0.15, -0.1) is 0 Å². The number of piperazine rings is 1. The number of rotatable bonds is 5. The van der Waals surface area contributed by atoms with E-state index < -0.39 is 6.43 Å². The fourth-order valence-electron chi connectivity index (χ4n) is 4.56. The van der Waals surface area contributed by atoms with E-state index in [-0.39, 0.29) is 11.6 Å². The molecule has 29 heavy (non-hydrogen) atoms. The molecule has 0 bridgehead atoms. The second kappa shape index (κ2) is 7.63. The van der Waals surface area contributed by atoms with Gasteiger partial charge in [0.2, 0.25) is 0 Å². The van der Waals surface area contributed by atoms with Crippen LogP contribution in [0.15, 0.2) is 6.07 Å². The molecule has 1 saturated carbocycles. The summed E-state index contributed by atoms with van der Waals surface area (Å²) in [5, 5.41) is 4.73. The van der Waals surface area contributed by atoms with Gasteiger partial charge < -0.3 is 4.90 Å². The van der Waals surface area contributed by atoms with Crippen molar-refractivity contribution in [3.05, 3.63) is 34.5 Å². The second-order valence-corrected chi connectivity index (χ2v) is 8.55. The zero-order chi connectivity index (χ0) is 20.0. The van der Waals surface area contributed by atoms with Crippen LogP contribution in [-0.2, 0) is 26.4 Å². The van der Waals surface area contributed by atoms with Gasteiger partial charge in [0.15, 0.2) is 0 Å². The van der Waals surface area contributed by atoms with Crippen molar-refractivity contribution in [2.45, 2.75) is 57.4 Å². The van der Waals surface area contributed by atoms with E-state index in [2.05, 4.69) is 31.5 Å². The molecule has 3 heterocycles. The molecule has 156 valence electrons. The molecule has 0 radical (unpaired) electrons. The first-order valence-corrected chi connectivity index (χ1v) is 10.8. The third kappa shape index (κ3) is 3.86. The van der Waals surface area contributed by atoms with Crippen LogP contribution < -0.4 is 4.90 Å². The maximum Gasteiger partial charge on any atom is 0.280 e. The molecule has 2 fully saturated rings. The number of fused-ring (bicyclic) bond motifs is 1. The molecule has 0 spiro atoms. The summed E-state index contributed by atoms with van der Waals surface area (Å²) in [6.07, 6.45) is 4.20. The van der Waals surface area contributed by atoms with E-state index in [1.165, 1.54) is 35.9 Å². The third-order valence-corrected chi connectivity index (χ3v) is 6.43. The van der Waals surface area contributed by atoms with Crippen molar-refractivity contribution >= 4 is 5.82 Å². The Bertz CT molecular complexity index is 863. The Morgan fingerprint density at radius 2 is 1.83 bits per heavy atom. The van der Waals surface area contributed by atoms with Crippen molar-refractivity contribution in [1.82, 2.24) is 24.6 Å². The summed E-state index contributed by atoms with van der Waals surface area (Å²) in [5.41, 5.74) is 3.93. The number of alkyl halides is 2. The summed E-state index contributed by atoms with van der Waals surface area (Å²) in [5.74, 6) is 1.53. The minimum Gasteiger partial charge on any atom is -0.354 e. The van der Waals surface area contributed by atoms with Gasteiger partial charge in [-0.25, -0.2) is 18.7 Å². The summed E-state index contributed by atoms with van der Waals surface area (Å²) in [7, 11) is 2.05. The van der Waals surface area contributed by atoms with E-state index in [1.807, 2.05) is 0 Å². The smallest absolute Gasteiger partial charge is 0.280 e. The van der Waals surface area contributed by atoms with Gasteiger partial charge in [0.1, 0.15) is 17.3 Å². The Balaban J connectivity index is 1.27. The average Bonchev–Trinajstić information content (AvgIpc) is 3.54. The standard InChI is InChI=1S/C21H28F2N6/c1-27-18(15-4-2-3-5-16(15)26-27)13-28-8-10-29(11-9-28)19-12-17(20(22)23)24-21(25-19)14-6-7-14/h12,14,20H,2-11,13H2,1H3. The van der Waals surface area contributed by atoms with Gasteiger partial charge in [-0.05, 0) is 44.1 Å². The van der Waals surface area contributed by atoms with Crippen molar-refractivity contribution in [2.24, 2.45) is 7.05 Å². The molecule has 2 aromatic heterocycles. The number of hydrogen-bond donors (Lipinski definition) is 0. The molecule has 6 nitrogen and oxygen atoms in total. The molecule has 2 aliphatic carbocycles. The van der Waals surface area contributed by atoms with Gasteiger partial charge in [-0.1, -0.05) is 0 Å². The maximum atomic E-state index is 13.3. The molecular formula is C21H28F2N6. The van der Waals surface area contributed by atoms with Crippen molar-refractivity contribution < 1.29 is 8.78 Å². The molecular weight excluding hydrogens is 374 g/mol. The van der Waals surface area contributed by atoms with E-state index in [1.54, 1.807) is 0 Å². The zero-order valence-corrected chi connectivity index (χ0v) is 16.9. The molecule has 0 aromatic carbocycles. The van der Waals surface area contributed by atoms with Gasteiger partial charge >= 0.3 is 0 Å². The normalized spacial score (nSPS) is 20.3. The fraction of sp³-hybridized carbons (Fsp3) is 0.667.